The molecule has 0 saturated carbocycles. The molecule has 1 aliphatic carbocycles. The molecule has 0 N–H and O–H groups in total. The second-order valence-electron chi connectivity index (χ2n) is 7.14. The first-order valence-corrected chi connectivity index (χ1v) is 11.9. The van der Waals surface area contributed by atoms with Crippen molar-refractivity contribution in [1.82, 2.24) is 9.97 Å². The zero-order chi connectivity index (χ0) is 19.8. The van der Waals surface area contributed by atoms with E-state index in [9.17, 15) is 0 Å². The van der Waals surface area contributed by atoms with E-state index in [1.54, 1.807) is 11.8 Å². The van der Waals surface area contributed by atoms with Crippen molar-refractivity contribution in [2.45, 2.75) is 29.9 Å². The Balaban J connectivity index is 1.55. The van der Waals surface area contributed by atoms with E-state index in [0.717, 1.165) is 39.4 Å². The van der Waals surface area contributed by atoms with E-state index in [2.05, 4.69) is 36.2 Å². The van der Waals surface area contributed by atoms with Crippen molar-refractivity contribution in [1.29, 1.82) is 0 Å². The third-order valence-electron chi connectivity index (χ3n) is 5.23. The number of rotatable bonds is 5. The Morgan fingerprint density at radius 3 is 2.62 bits per heavy atom. The van der Waals surface area contributed by atoms with E-state index < -0.39 is 0 Å². The summed E-state index contributed by atoms with van der Waals surface area (Å²) in [6.07, 6.45) is 3.53. The van der Waals surface area contributed by atoms with Gasteiger partial charge in [-0.3, -0.25) is 0 Å². The summed E-state index contributed by atoms with van der Waals surface area (Å²) in [5.74, 6) is 2.62. The number of para-hydroxylation sites is 1. The lowest BCUT2D eigenvalue weighted by molar-refractivity contribution is 0.916. The summed E-state index contributed by atoms with van der Waals surface area (Å²) in [6, 6.07) is 18.4. The number of aromatic nitrogens is 2. The summed E-state index contributed by atoms with van der Waals surface area (Å²) in [5.41, 5.74) is 2.60. The zero-order valence-corrected chi connectivity index (χ0v) is 18.4. The van der Waals surface area contributed by atoms with Crippen LogP contribution in [0.1, 0.15) is 22.7 Å². The number of hydrogen-bond acceptors (Lipinski definition) is 5. The highest BCUT2D eigenvalue weighted by Crippen LogP contribution is 2.42. The number of thioether (sulfide) groups is 1. The standard InChI is InChI=1S/C23H20ClN3S2/c1-27(16-6-3-2-4-7-16)22-21-18-8-5-9-19(18)29-23(21)26-20(25-22)14-28-17-12-10-15(24)11-13-17/h2-4,6-7,10-13H,5,8-9,14H2,1H3. The normalized spacial score (nSPS) is 13.0. The fourth-order valence-electron chi connectivity index (χ4n) is 3.78. The van der Waals surface area contributed by atoms with Crippen LogP contribution in [0.15, 0.2) is 59.5 Å². The second kappa shape index (κ2) is 7.98. The van der Waals surface area contributed by atoms with Crippen LogP contribution in [-0.4, -0.2) is 17.0 Å². The molecule has 0 aliphatic heterocycles. The smallest absolute Gasteiger partial charge is 0.145 e. The molecular formula is C23H20ClN3S2. The average Bonchev–Trinajstić information content (AvgIpc) is 3.34. The van der Waals surface area contributed by atoms with Crippen molar-refractivity contribution in [2.75, 3.05) is 11.9 Å². The molecule has 6 heteroatoms. The maximum atomic E-state index is 6.01. The zero-order valence-electron chi connectivity index (χ0n) is 16.1. The van der Waals surface area contributed by atoms with Crippen LogP contribution in [0.4, 0.5) is 11.5 Å². The fraction of sp³-hybridized carbons (Fsp3) is 0.217. The van der Waals surface area contributed by atoms with Gasteiger partial charge in [0, 0.05) is 27.5 Å². The SMILES string of the molecule is CN(c1ccccc1)c1nc(CSc2ccc(Cl)cc2)nc2sc3c(c12)CCC3. The number of thiophene rings is 1. The Bertz CT molecular complexity index is 1160. The van der Waals surface area contributed by atoms with Gasteiger partial charge in [-0.1, -0.05) is 29.8 Å². The molecule has 5 rings (SSSR count). The summed E-state index contributed by atoms with van der Waals surface area (Å²) < 4.78 is 0. The first-order chi connectivity index (χ1) is 14.2. The lowest BCUT2D eigenvalue weighted by atomic mass is 10.1. The Morgan fingerprint density at radius 2 is 1.83 bits per heavy atom. The van der Waals surface area contributed by atoms with Crippen LogP contribution < -0.4 is 4.90 Å². The van der Waals surface area contributed by atoms with E-state index in [-0.39, 0.29) is 0 Å². The molecule has 0 atom stereocenters. The number of halogens is 1. The van der Waals surface area contributed by atoms with Crippen LogP contribution in [0.3, 0.4) is 0 Å². The highest BCUT2D eigenvalue weighted by molar-refractivity contribution is 7.98. The summed E-state index contributed by atoms with van der Waals surface area (Å²) in [4.78, 5) is 16.0. The third kappa shape index (κ3) is 3.75. The minimum atomic E-state index is 0.732. The molecule has 146 valence electrons. The average molecular weight is 438 g/mol. The van der Waals surface area contributed by atoms with Crippen LogP contribution >= 0.6 is 34.7 Å². The Hall–Kier alpha value is -2.08. The van der Waals surface area contributed by atoms with E-state index in [4.69, 9.17) is 21.6 Å². The monoisotopic (exact) mass is 437 g/mol. The highest BCUT2D eigenvalue weighted by Gasteiger charge is 2.24. The first-order valence-electron chi connectivity index (χ1n) is 9.67. The van der Waals surface area contributed by atoms with Gasteiger partial charge in [0.15, 0.2) is 0 Å². The van der Waals surface area contributed by atoms with Crippen molar-refractivity contribution in [3.63, 3.8) is 0 Å². The Labute approximate surface area is 183 Å². The van der Waals surface area contributed by atoms with Gasteiger partial charge < -0.3 is 4.90 Å². The molecule has 0 amide bonds. The predicted molar refractivity (Wildman–Crippen MR) is 125 cm³/mol. The molecule has 1 aliphatic rings. The fourth-order valence-corrected chi connectivity index (χ4v) is 5.93. The molecule has 2 aromatic carbocycles. The summed E-state index contributed by atoms with van der Waals surface area (Å²) in [7, 11) is 2.10. The lowest BCUT2D eigenvalue weighted by Crippen LogP contribution is -2.13. The summed E-state index contributed by atoms with van der Waals surface area (Å²) >= 11 is 9.59. The number of nitrogens with zero attached hydrogens (tertiary/aromatic N) is 3. The lowest BCUT2D eigenvalue weighted by Gasteiger charge is -2.20. The van der Waals surface area contributed by atoms with Crippen molar-refractivity contribution >= 4 is 56.4 Å². The van der Waals surface area contributed by atoms with Crippen LogP contribution in [0.2, 0.25) is 5.02 Å². The molecule has 2 heterocycles. The number of anilines is 2. The predicted octanol–water partition coefficient (Wildman–Crippen LogP) is 6.89. The van der Waals surface area contributed by atoms with E-state index in [0.29, 0.717) is 0 Å². The van der Waals surface area contributed by atoms with Crippen molar-refractivity contribution in [2.24, 2.45) is 0 Å². The topological polar surface area (TPSA) is 29.0 Å². The van der Waals surface area contributed by atoms with Crippen LogP contribution in [0.5, 0.6) is 0 Å². The Morgan fingerprint density at radius 1 is 1.03 bits per heavy atom. The minimum Gasteiger partial charge on any atom is -0.329 e. The molecule has 0 radical (unpaired) electrons. The van der Waals surface area contributed by atoms with Gasteiger partial charge in [-0.05, 0) is 61.2 Å². The molecule has 0 spiro atoms. The van der Waals surface area contributed by atoms with Gasteiger partial charge in [0.1, 0.15) is 16.5 Å². The highest BCUT2D eigenvalue weighted by atomic mass is 35.5. The van der Waals surface area contributed by atoms with E-state index >= 15 is 0 Å². The number of fused-ring (bicyclic) bond motifs is 3. The van der Waals surface area contributed by atoms with Gasteiger partial charge in [0.2, 0.25) is 0 Å². The van der Waals surface area contributed by atoms with Gasteiger partial charge in [-0.15, -0.1) is 23.1 Å². The summed E-state index contributed by atoms with van der Waals surface area (Å²) in [6.45, 7) is 0. The largest absolute Gasteiger partial charge is 0.329 e. The first kappa shape index (κ1) is 18.9. The van der Waals surface area contributed by atoms with Gasteiger partial charge in [-0.25, -0.2) is 9.97 Å². The maximum absolute atomic E-state index is 6.01. The van der Waals surface area contributed by atoms with Crippen LogP contribution in [0.25, 0.3) is 10.2 Å². The Kier molecular flexibility index (Phi) is 5.20. The molecule has 29 heavy (non-hydrogen) atoms. The number of aryl methyl sites for hydroxylation is 2. The third-order valence-corrected chi connectivity index (χ3v) is 7.68. The molecular weight excluding hydrogens is 418 g/mol. The number of hydrogen-bond donors (Lipinski definition) is 0. The molecule has 4 aromatic rings. The van der Waals surface area contributed by atoms with Crippen LogP contribution in [-0.2, 0) is 18.6 Å². The molecule has 0 saturated heterocycles. The summed E-state index contributed by atoms with van der Waals surface area (Å²) in [5, 5.41) is 2.00. The molecule has 0 bridgehead atoms. The van der Waals surface area contributed by atoms with Crippen molar-refractivity contribution < 1.29 is 0 Å². The molecule has 0 fully saturated rings. The van der Waals surface area contributed by atoms with Gasteiger partial charge in [0.05, 0.1) is 11.1 Å². The maximum Gasteiger partial charge on any atom is 0.145 e. The van der Waals surface area contributed by atoms with Gasteiger partial charge in [-0.2, -0.15) is 0 Å². The quantitative estimate of drug-likeness (QED) is 0.318. The molecule has 3 nitrogen and oxygen atoms in total. The van der Waals surface area contributed by atoms with Gasteiger partial charge in [0.25, 0.3) is 0 Å². The number of benzene rings is 2. The second-order valence-corrected chi connectivity index (χ2v) is 9.71. The van der Waals surface area contributed by atoms with Gasteiger partial charge >= 0.3 is 0 Å². The molecule has 0 unspecified atom stereocenters. The van der Waals surface area contributed by atoms with E-state index in [1.807, 2.05) is 41.7 Å². The van der Waals surface area contributed by atoms with E-state index in [1.165, 1.54) is 33.6 Å². The van der Waals surface area contributed by atoms with Crippen LogP contribution in [0, 0.1) is 0 Å². The minimum absolute atomic E-state index is 0.732. The van der Waals surface area contributed by atoms with Crippen molar-refractivity contribution in [3.05, 3.63) is 75.9 Å². The molecule has 2 aromatic heterocycles. The van der Waals surface area contributed by atoms with Crippen molar-refractivity contribution in [3.8, 4) is 0 Å².